The lowest BCUT2D eigenvalue weighted by Gasteiger charge is -2.08. The first kappa shape index (κ1) is 21.0. The number of carbonyl (C=O) groups is 1. The number of nitrogens with zero attached hydrogens (tertiary/aromatic N) is 1. The second-order valence-electron chi connectivity index (χ2n) is 6.16. The molecule has 0 saturated carbocycles. The summed E-state index contributed by atoms with van der Waals surface area (Å²) < 4.78 is 7.00. The molecule has 2 aromatic carbocycles. The zero-order chi connectivity index (χ0) is 20.4. The second-order valence-corrected chi connectivity index (χ2v) is 8.84. The molecule has 1 heterocycles. The van der Waals surface area contributed by atoms with Crippen LogP contribution in [0.3, 0.4) is 0 Å². The molecule has 8 heteroatoms. The molecule has 2 N–H and O–H groups in total. The van der Waals surface area contributed by atoms with Gasteiger partial charge in [-0.25, -0.2) is 4.99 Å². The van der Waals surface area contributed by atoms with Gasteiger partial charge in [0.05, 0.1) is 21.7 Å². The van der Waals surface area contributed by atoms with Gasteiger partial charge in [-0.05, 0) is 95.5 Å². The van der Waals surface area contributed by atoms with Crippen molar-refractivity contribution in [2.45, 2.75) is 20.8 Å². The number of aryl methyl sites for hydroxylation is 2. The smallest absolute Gasteiger partial charge is 0.264 e. The minimum atomic E-state index is -0.212. The van der Waals surface area contributed by atoms with E-state index in [0.717, 1.165) is 26.9 Å². The Labute approximate surface area is 184 Å². The van der Waals surface area contributed by atoms with Crippen molar-refractivity contribution >= 4 is 66.5 Å². The molecule has 1 saturated heterocycles. The van der Waals surface area contributed by atoms with Crippen molar-refractivity contribution in [3.8, 4) is 11.5 Å². The number of carbonyl (C=O) groups excluding carboxylic acids is 1. The lowest BCUT2D eigenvalue weighted by molar-refractivity contribution is -0.115. The SMILES string of the molecule is CCOc1cc(/C=C2\SC(=Nc3cc(C)c(Br)c(C)c3)NC2=O)cc(Br)c1O. The number of aromatic hydroxyl groups is 1. The number of hydrogen-bond acceptors (Lipinski definition) is 5. The Bertz CT molecular complexity index is 996. The highest BCUT2D eigenvalue weighted by molar-refractivity contribution is 9.10. The summed E-state index contributed by atoms with van der Waals surface area (Å²) in [7, 11) is 0. The fourth-order valence-corrected chi connectivity index (χ4v) is 4.21. The summed E-state index contributed by atoms with van der Waals surface area (Å²) in [6.45, 7) is 6.28. The van der Waals surface area contributed by atoms with Crippen molar-refractivity contribution in [3.63, 3.8) is 0 Å². The van der Waals surface area contributed by atoms with E-state index in [4.69, 9.17) is 4.74 Å². The van der Waals surface area contributed by atoms with Crippen LogP contribution in [0.5, 0.6) is 11.5 Å². The van der Waals surface area contributed by atoms with E-state index in [1.807, 2.05) is 32.9 Å². The Morgan fingerprint density at radius 3 is 2.54 bits per heavy atom. The topological polar surface area (TPSA) is 70.9 Å². The first-order valence-corrected chi connectivity index (χ1v) is 10.9. The van der Waals surface area contributed by atoms with E-state index in [1.165, 1.54) is 11.8 Å². The van der Waals surface area contributed by atoms with Crippen molar-refractivity contribution in [2.75, 3.05) is 6.61 Å². The van der Waals surface area contributed by atoms with Gasteiger partial charge < -0.3 is 15.2 Å². The van der Waals surface area contributed by atoms with Crippen LogP contribution < -0.4 is 10.1 Å². The number of aliphatic imine (C=N–C) groups is 1. The van der Waals surface area contributed by atoms with Crippen LogP contribution in [-0.2, 0) is 4.79 Å². The minimum absolute atomic E-state index is 0.0377. The summed E-state index contributed by atoms with van der Waals surface area (Å²) in [5.74, 6) is 0.189. The van der Waals surface area contributed by atoms with E-state index in [-0.39, 0.29) is 11.7 Å². The first-order chi connectivity index (χ1) is 13.3. The molecule has 2 aromatic rings. The molecule has 0 atom stereocenters. The number of amides is 1. The molecule has 28 heavy (non-hydrogen) atoms. The lowest BCUT2D eigenvalue weighted by Crippen LogP contribution is -2.19. The number of nitrogens with one attached hydrogen (secondary N) is 1. The molecule has 5 nitrogen and oxygen atoms in total. The third-order valence-corrected chi connectivity index (χ3v) is 6.72. The summed E-state index contributed by atoms with van der Waals surface area (Å²) in [5.41, 5.74) is 3.69. The Hall–Kier alpha value is -1.77. The van der Waals surface area contributed by atoms with Crippen LogP contribution in [-0.4, -0.2) is 22.8 Å². The van der Waals surface area contributed by atoms with Gasteiger partial charge in [0, 0.05) is 4.47 Å². The average molecular weight is 526 g/mol. The van der Waals surface area contributed by atoms with E-state index in [1.54, 1.807) is 18.2 Å². The summed E-state index contributed by atoms with van der Waals surface area (Å²) in [5, 5.41) is 13.4. The van der Waals surface area contributed by atoms with Crippen molar-refractivity contribution in [1.82, 2.24) is 5.32 Å². The fourth-order valence-electron chi connectivity index (χ4n) is 2.68. The molecular weight excluding hydrogens is 508 g/mol. The molecular formula is C20H18Br2N2O3S. The molecule has 0 radical (unpaired) electrons. The quantitative estimate of drug-likeness (QED) is 0.493. The van der Waals surface area contributed by atoms with Gasteiger partial charge in [-0.2, -0.15) is 0 Å². The Balaban J connectivity index is 1.89. The predicted octanol–water partition coefficient (Wildman–Crippen LogP) is 5.82. The average Bonchev–Trinajstić information content (AvgIpc) is 2.96. The van der Waals surface area contributed by atoms with Crippen molar-refractivity contribution in [2.24, 2.45) is 4.99 Å². The van der Waals surface area contributed by atoms with E-state index < -0.39 is 0 Å². The largest absolute Gasteiger partial charge is 0.503 e. The molecule has 0 aromatic heterocycles. The zero-order valence-corrected chi connectivity index (χ0v) is 19.5. The minimum Gasteiger partial charge on any atom is -0.503 e. The van der Waals surface area contributed by atoms with Crippen molar-refractivity contribution in [3.05, 3.63) is 54.8 Å². The summed E-state index contributed by atoms with van der Waals surface area (Å²) >= 11 is 8.13. The van der Waals surface area contributed by atoms with Gasteiger partial charge in [0.1, 0.15) is 0 Å². The van der Waals surface area contributed by atoms with Crippen LogP contribution in [0.2, 0.25) is 0 Å². The van der Waals surface area contributed by atoms with Gasteiger partial charge in [-0.15, -0.1) is 0 Å². The van der Waals surface area contributed by atoms with Gasteiger partial charge in [0.15, 0.2) is 16.7 Å². The molecule has 0 unspecified atom stereocenters. The van der Waals surface area contributed by atoms with Crippen LogP contribution in [0.25, 0.3) is 6.08 Å². The molecule has 146 valence electrons. The standard InChI is InChI=1S/C20H18Br2N2O3S/c1-4-27-15-8-12(7-14(21)18(15)25)9-16-19(26)24-20(28-16)23-13-5-10(2)17(22)11(3)6-13/h5-9,25H,4H2,1-3H3,(H,23,24,26)/b16-9-. The number of ether oxygens (including phenoxy) is 1. The molecule has 0 bridgehead atoms. The van der Waals surface area contributed by atoms with Gasteiger partial charge in [0.25, 0.3) is 5.91 Å². The maximum atomic E-state index is 12.3. The van der Waals surface area contributed by atoms with Gasteiger partial charge in [0.2, 0.25) is 0 Å². The van der Waals surface area contributed by atoms with Crippen LogP contribution in [0.4, 0.5) is 5.69 Å². The maximum absolute atomic E-state index is 12.3. The maximum Gasteiger partial charge on any atom is 0.264 e. The van der Waals surface area contributed by atoms with Crippen LogP contribution in [0.15, 0.2) is 43.1 Å². The van der Waals surface area contributed by atoms with E-state index in [0.29, 0.717) is 26.9 Å². The number of rotatable bonds is 4. The highest BCUT2D eigenvalue weighted by Crippen LogP contribution is 2.37. The first-order valence-electron chi connectivity index (χ1n) is 8.50. The number of phenols is 1. The molecule has 1 aliphatic rings. The molecule has 1 aliphatic heterocycles. The van der Waals surface area contributed by atoms with E-state index >= 15 is 0 Å². The normalized spacial score (nSPS) is 16.7. The molecule has 0 spiro atoms. The molecule has 0 aliphatic carbocycles. The van der Waals surface area contributed by atoms with Gasteiger partial charge in [-0.3, -0.25) is 4.79 Å². The highest BCUT2D eigenvalue weighted by Gasteiger charge is 2.24. The monoisotopic (exact) mass is 524 g/mol. The van der Waals surface area contributed by atoms with Gasteiger partial charge >= 0.3 is 0 Å². The third kappa shape index (κ3) is 4.61. The highest BCUT2D eigenvalue weighted by atomic mass is 79.9. The number of halogens is 2. The Morgan fingerprint density at radius 2 is 1.89 bits per heavy atom. The van der Waals surface area contributed by atoms with Crippen LogP contribution in [0.1, 0.15) is 23.6 Å². The number of benzene rings is 2. The second kappa shape index (κ2) is 8.71. The fraction of sp³-hybridized carbons (Fsp3) is 0.200. The Kier molecular flexibility index (Phi) is 6.52. The number of thioether (sulfide) groups is 1. The number of phenolic OH excluding ortho intramolecular Hbond substituents is 1. The summed E-state index contributed by atoms with van der Waals surface area (Å²) in [6.07, 6.45) is 1.74. The summed E-state index contributed by atoms with van der Waals surface area (Å²) in [4.78, 5) is 17.4. The Morgan fingerprint density at radius 1 is 1.21 bits per heavy atom. The number of hydrogen-bond donors (Lipinski definition) is 2. The molecule has 3 rings (SSSR count). The van der Waals surface area contributed by atoms with E-state index in [9.17, 15) is 9.90 Å². The molecule has 1 fully saturated rings. The number of amidine groups is 1. The lowest BCUT2D eigenvalue weighted by atomic mass is 10.1. The van der Waals surface area contributed by atoms with E-state index in [2.05, 4.69) is 42.2 Å². The third-order valence-electron chi connectivity index (χ3n) is 3.95. The molecule has 1 amide bonds. The summed E-state index contributed by atoms with van der Waals surface area (Å²) in [6, 6.07) is 7.35. The zero-order valence-electron chi connectivity index (χ0n) is 15.5. The van der Waals surface area contributed by atoms with Crippen LogP contribution in [0, 0.1) is 13.8 Å². The predicted molar refractivity (Wildman–Crippen MR) is 121 cm³/mol. The van der Waals surface area contributed by atoms with Gasteiger partial charge in [-0.1, -0.05) is 15.9 Å². The van der Waals surface area contributed by atoms with Crippen LogP contribution >= 0.6 is 43.6 Å². The van der Waals surface area contributed by atoms with Crippen molar-refractivity contribution < 1.29 is 14.6 Å². The van der Waals surface area contributed by atoms with Crippen molar-refractivity contribution in [1.29, 1.82) is 0 Å².